The second-order valence-corrected chi connectivity index (χ2v) is 12.7. The average Bonchev–Trinajstić information content (AvgIpc) is 2.43. The van der Waals surface area contributed by atoms with Gasteiger partial charge in [-0.1, -0.05) is 20.8 Å². The van der Waals surface area contributed by atoms with E-state index in [0.717, 1.165) is 0 Å². The largest absolute Gasteiger partial charge is 0.457 e. The predicted molar refractivity (Wildman–Crippen MR) is 93.2 cm³/mol. The van der Waals surface area contributed by atoms with Gasteiger partial charge in [-0.25, -0.2) is 0 Å². The molecule has 1 amide bonds. The van der Waals surface area contributed by atoms with Crippen LogP contribution < -0.4 is 5.32 Å². The summed E-state index contributed by atoms with van der Waals surface area (Å²) in [4.78, 5) is 22.7. The van der Waals surface area contributed by atoms with Crippen molar-refractivity contribution in [3.05, 3.63) is 0 Å². The van der Waals surface area contributed by atoms with Gasteiger partial charge in [-0.2, -0.15) is 0 Å². The maximum Gasteiger partial charge on any atom is 0.303 e. The first-order valence-electron chi connectivity index (χ1n) is 8.36. The van der Waals surface area contributed by atoms with Crippen molar-refractivity contribution in [2.45, 2.75) is 83.4 Å². The molecule has 0 aliphatic carbocycles. The number of aliphatic hydroxyl groups excluding tert-OH is 2. The molecule has 0 aromatic carbocycles. The van der Waals surface area contributed by atoms with E-state index in [1.54, 1.807) is 0 Å². The topological polar surface area (TPSA) is 114 Å². The first kappa shape index (κ1) is 22.0. The Balaban J connectivity index is 2.93. The Kier molecular flexibility index (Phi) is 7.17. The third-order valence-electron chi connectivity index (χ3n) is 4.78. The number of rotatable bonds is 5. The summed E-state index contributed by atoms with van der Waals surface area (Å²) in [5.74, 6) is -1.04. The lowest BCUT2D eigenvalue weighted by molar-refractivity contribution is -0.258. The monoisotopic (exact) mass is 377 g/mol. The molecule has 1 rings (SSSR count). The Hall–Kier alpha value is -1.00. The summed E-state index contributed by atoms with van der Waals surface area (Å²) >= 11 is 0. The minimum atomic E-state index is -2.10. The first-order chi connectivity index (χ1) is 11.3. The van der Waals surface area contributed by atoms with Crippen molar-refractivity contribution in [3.8, 4) is 0 Å². The number of nitrogens with one attached hydrogen (secondary N) is 1. The minimum Gasteiger partial charge on any atom is -0.457 e. The fourth-order valence-corrected chi connectivity index (χ4v) is 3.32. The molecule has 0 saturated carbocycles. The number of ether oxygens (including phenoxy) is 2. The van der Waals surface area contributed by atoms with E-state index in [-0.39, 0.29) is 11.6 Å². The molecular weight excluding hydrogens is 346 g/mol. The molecular formula is C16H31NO7Si. The van der Waals surface area contributed by atoms with Crippen molar-refractivity contribution < 1.29 is 33.7 Å². The van der Waals surface area contributed by atoms with E-state index in [9.17, 15) is 19.8 Å². The highest BCUT2D eigenvalue weighted by molar-refractivity contribution is 6.74. The van der Waals surface area contributed by atoms with Crippen LogP contribution in [-0.2, 0) is 23.5 Å². The molecule has 9 heteroatoms. The van der Waals surface area contributed by atoms with Crippen LogP contribution in [0.2, 0.25) is 18.1 Å². The van der Waals surface area contributed by atoms with E-state index in [1.165, 1.54) is 13.8 Å². The molecule has 1 aliphatic heterocycles. The number of carbonyl (C=O) groups excluding carboxylic acids is 2. The fraction of sp³-hybridized carbons (Fsp3) is 0.875. The van der Waals surface area contributed by atoms with Crippen LogP contribution in [0.3, 0.4) is 0 Å². The molecule has 1 saturated heterocycles. The summed E-state index contributed by atoms with van der Waals surface area (Å²) in [5, 5.41) is 23.0. The van der Waals surface area contributed by atoms with Gasteiger partial charge in [0.2, 0.25) is 5.91 Å². The average molecular weight is 378 g/mol. The summed E-state index contributed by atoms with van der Waals surface area (Å²) in [6.07, 6.45) is -4.64. The summed E-state index contributed by atoms with van der Waals surface area (Å²) in [6.45, 7) is 12.9. The minimum absolute atomic E-state index is 0.0332. The molecule has 0 spiro atoms. The highest BCUT2D eigenvalue weighted by atomic mass is 28.4. The van der Waals surface area contributed by atoms with Crippen LogP contribution >= 0.6 is 0 Å². The van der Waals surface area contributed by atoms with Gasteiger partial charge in [-0.05, 0) is 18.1 Å². The van der Waals surface area contributed by atoms with Crippen molar-refractivity contribution in [3.63, 3.8) is 0 Å². The molecule has 5 atom stereocenters. The molecule has 0 aromatic rings. The first-order valence-corrected chi connectivity index (χ1v) is 11.3. The Morgan fingerprint density at radius 3 is 2.20 bits per heavy atom. The Morgan fingerprint density at radius 1 is 1.20 bits per heavy atom. The second-order valence-electron chi connectivity index (χ2n) is 7.93. The van der Waals surface area contributed by atoms with Gasteiger partial charge in [-0.15, -0.1) is 0 Å². The van der Waals surface area contributed by atoms with Crippen molar-refractivity contribution >= 4 is 20.2 Å². The quantitative estimate of drug-likeness (QED) is 0.473. The van der Waals surface area contributed by atoms with Crippen LogP contribution in [0.4, 0.5) is 0 Å². The number of carbonyl (C=O) groups is 2. The summed E-state index contributed by atoms with van der Waals surface area (Å²) in [6, 6.07) is -1.09. The van der Waals surface area contributed by atoms with Crippen LogP contribution in [0.5, 0.6) is 0 Å². The van der Waals surface area contributed by atoms with Gasteiger partial charge in [0.1, 0.15) is 18.2 Å². The number of amides is 1. The standard InChI is InChI=1S/C16H31NO7Si/c1-9(18)17-12-13(20)14(23-10(2)19)11(24-15(12)21)8-22-25(6,7)16(3,4)5/h11-15,20-21H,8H2,1-7H3,(H,17,18)/t11?,12?,13?,14-,15-/m1/s1. The molecule has 1 fully saturated rings. The van der Waals surface area contributed by atoms with Crippen LogP contribution in [0, 0.1) is 0 Å². The molecule has 25 heavy (non-hydrogen) atoms. The van der Waals surface area contributed by atoms with Gasteiger partial charge in [0, 0.05) is 13.8 Å². The molecule has 0 bridgehead atoms. The zero-order valence-electron chi connectivity index (χ0n) is 16.0. The van der Waals surface area contributed by atoms with Crippen molar-refractivity contribution in [2.75, 3.05) is 6.61 Å². The lowest BCUT2D eigenvalue weighted by Gasteiger charge is -2.44. The van der Waals surface area contributed by atoms with Gasteiger partial charge < -0.3 is 29.4 Å². The van der Waals surface area contributed by atoms with Gasteiger partial charge in [0.05, 0.1) is 6.61 Å². The Bertz CT molecular complexity index is 491. The summed E-state index contributed by atoms with van der Waals surface area (Å²) < 4.78 is 16.8. The normalized spacial score (nSPS) is 30.7. The highest BCUT2D eigenvalue weighted by Crippen LogP contribution is 2.37. The van der Waals surface area contributed by atoms with Crippen LogP contribution in [0.25, 0.3) is 0 Å². The maximum absolute atomic E-state index is 11.4. The highest BCUT2D eigenvalue weighted by Gasteiger charge is 2.48. The number of hydrogen-bond donors (Lipinski definition) is 3. The van der Waals surface area contributed by atoms with Crippen LogP contribution in [-0.4, -0.2) is 67.7 Å². The van der Waals surface area contributed by atoms with E-state index in [2.05, 4.69) is 39.2 Å². The summed E-state index contributed by atoms with van der Waals surface area (Å²) in [7, 11) is -2.10. The van der Waals surface area contributed by atoms with E-state index < -0.39 is 50.8 Å². The molecule has 0 aromatic heterocycles. The maximum atomic E-state index is 11.4. The molecule has 3 unspecified atom stereocenters. The van der Waals surface area contributed by atoms with Crippen LogP contribution in [0.1, 0.15) is 34.6 Å². The predicted octanol–water partition coefficient (Wildman–Crippen LogP) is 0.523. The van der Waals surface area contributed by atoms with Gasteiger partial charge >= 0.3 is 5.97 Å². The zero-order chi connectivity index (χ0) is 19.6. The van der Waals surface area contributed by atoms with E-state index in [4.69, 9.17) is 13.9 Å². The summed E-state index contributed by atoms with van der Waals surface area (Å²) in [5.41, 5.74) is 0. The lowest BCUT2D eigenvalue weighted by atomic mass is 9.96. The van der Waals surface area contributed by atoms with Gasteiger partial charge in [0.25, 0.3) is 0 Å². The zero-order valence-corrected chi connectivity index (χ0v) is 17.0. The lowest BCUT2D eigenvalue weighted by Crippen LogP contribution is -2.65. The fourth-order valence-electron chi connectivity index (χ4n) is 2.30. The van der Waals surface area contributed by atoms with Crippen LogP contribution in [0.15, 0.2) is 0 Å². The molecule has 146 valence electrons. The van der Waals surface area contributed by atoms with Crippen molar-refractivity contribution in [1.82, 2.24) is 5.32 Å². The number of hydrogen-bond acceptors (Lipinski definition) is 7. The molecule has 1 aliphatic rings. The van der Waals surface area contributed by atoms with E-state index in [1.807, 2.05) is 0 Å². The SMILES string of the molecule is CC(=O)NC1C(O)[C@H](OC(C)=O)C(CO[Si](C)(C)C(C)(C)C)O[C@H]1O. The Morgan fingerprint density at radius 2 is 1.76 bits per heavy atom. The Labute approximate surface area is 150 Å². The smallest absolute Gasteiger partial charge is 0.303 e. The second kappa shape index (κ2) is 8.13. The molecule has 8 nitrogen and oxygen atoms in total. The number of esters is 1. The molecule has 0 radical (unpaired) electrons. The molecule has 3 N–H and O–H groups in total. The molecule has 1 heterocycles. The third-order valence-corrected chi connectivity index (χ3v) is 9.28. The third kappa shape index (κ3) is 5.75. The van der Waals surface area contributed by atoms with Crippen molar-refractivity contribution in [2.24, 2.45) is 0 Å². The number of aliphatic hydroxyl groups is 2. The van der Waals surface area contributed by atoms with Crippen molar-refractivity contribution in [1.29, 1.82) is 0 Å². The van der Waals surface area contributed by atoms with E-state index >= 15 is 0 Å². The van der Waals surface area contributed by atoms with E-state index in [0.29, 0.717) is 0 Å². The van der Waals surface area contributed by atoms with Gasteiger partial charge in [-0.3, -0.25) is 9.59 Å². The van der Waals surface area contributed by atoms with Gasteiger partial charge in [0.15, 0.2) is 20.7 Å².